The Morgan fingerprint density at radius 1 is 1.15 bits per heavy atom. The summed E-state index contributed by atoms with van der Waals surface area (Å²) in [4.78, 5) is 40.6. The Hall–Kier alpha value is -2.48. The van der Waals surface area contributed by atoms with Crippen LogP contribution in [0.2, 0.25) is 0 Å². The molecule has 1 heterocycles. The van der Waals surface area contributed by atoms with Crippen LogP contribution >= 0.6 is 0 Å². The third kappa shape index (κ3) is 6.97. The molecule has 150 valence electrons. The minimum absolute atomic E-state index is 0.00909. The summed E-state index contributed by atoms with van der Waals surface area (Å²) in [5.74, 6) is -3.44. The molecule has 1 aromatic rings. The van der Waals surface area contributed by atoms with Gasteiger partial charge in [0.15, 0.2) is 6.10 Å². The number of carboxylic acid groups (broad SMARTS) is 1. The molecule has 0 saturated heterocycles. The van der Waals surface area contributed by atoms with E-state index < -0.39 is 41.3 Å². The second kappa shape index (κ2) is 9.45. The Morgan fingerprint density at radius 3 is 2.22 bits per heavy atom. The van der Waals surface area contributed by atoms with Crippen LogP contribution in [0.5, 0.6) is 0 Å². The third-order valence-electron chi connectivity index (χ3n) is 4.03. The van der Waals surface area contributed by atoms with E-state index in [1.807, 2.05) is 13.8 Å². The molecule has 4 N–H and O–H groups in total. The molecule has 0 aliphatic heterocycles. The maximum atomic E-state index is 12.7. The molecule has 0 radical (unpaired) electrons. The molecule has 3 atom stereocenters. The van der Waals surface area contributed by atoms with Gasteiger partial charge in [-0.15, -0.1) is 0 Å². The zero-order valence-corrected chi connectivity index (χ0v) is 16.4. The topological polar surface area (TPSA) is 129 Å². The minimum atomic E-state index is -1.84. The van der Waals surface area contributed by atoms with E-state index in [2.05, 4.69) is 15.6 Å². The monoisotopic (exact) mass is 379 g/mol. The van der Waals surface area contributed by atoms with Crippen LogP contribution in [-0.4, -0.2) is 45.1 Å². The number of anilines is 1. The van der Waals surface area contributed by atoms with Gasteiger partial charge in [-0.1, -0.05) is 40.7 Å². The highest BCUT2D eigenvalue weighted by Gasteiger charge is 2.38. The van der Waals surface area contributed by atoms with Gasteiger partial charge in [-0.25, -0.2) is 9.78 Å². The second-order valence-electron chi connectivity index (χ2n) is 8.03. The standard InChI is InChI=1S/C19H29N3O5/c1-11(2)10-12(14(23)18(26)27)16(24)22-15(19(3,4)5)17(25)21-13-8-6-7-9-20-13/h6-9,11-12,14-15,23H,10H2,1-5H3,(H,22,24)(H,26,27)(H,20,21,25). The molecule has 2 amide bonds. The second-order valence-corrected chi connectivity index (χ2v) is 8.03. The summed E-state index contributed by atoms with van der Waals surface area (Å²) in [6, 6.07) is 4.11. The van der Waals surface area contributed by atoms with Crippen LogP contribution in [0.1, 0.15) is 41.0 Å². The largest absolute Gasteiger partial charge is 0.479 e. The fourth-order valence-electron chi connectivity index (χ4n) is 2.62. The van der Waals surface area contributed by atoms with Gasteiger partial charge < -0.3 is 20.8 Å². The van der Waals surface area contributed by atoms with Crippen molar-refractivity contribution in [3.63, 3.8) is 0 Å². The molecule has 27 heavy (non-hydrogen) atoms. The maximum absolute atomic E-state index is 12.7. The van der Waals surface area contributed by atoms with Gasteiger partial charge in [0.1, 0.15) is 11.9 Å². The lowest BCUT2D eigenvalue weighted by molar-refractivity contribution is -0.154. The van der Waals surface area contributed by atoms with Gasteiger partial charge in [-0.3, -0.25) is 9.59 Å². The number of aromatic nitrogens is 1. The highest BCUT2D eigenvalue weighted by Crippen LogP contribution is 2.23. The van der Waals surface area contributed by atoms with Crippen molar-refractivity contribution < 1.29 is 24.6 Å². The molecule has 1 rings (SSSR count). The predicted molar refractivity (Wildman–Crippen MR) is 101 cm³/mol. The van der Waals surface area contributed by atoms with Crippen LogP contribution in [0.3, 0.4) is 0 Å². The Kier molecular flexibility index (Phi) is 7.90. The molecule has 0 aliphatic rings. The number of nitrogens with one attached hydrogen (secondary N) is 2. The van der Waals surface area contributed by atoms with Crippen LogP contribution in [0.25, 0.3) is 0 Å². The summed E-state index contributed by atoms with van der Waals surface area (Å²) < 4.78 is 0. The van der Waals surface area contributed by atoms with Crippen molar-refractivity contribution in [2.45, 2.75) is 53.2 Å². The Morgan fingerprint density at radius 2 is 1.78 bits per heavy atom. The molecule has 0 aliphatic carbocycles. The number of amides is 2. The number of hydrogen-bond acceptors (Lipinski definition) is 5. The molecule has 0 bridgehead atoms. The highest BCUT2D eigenvalue weighted by molar-refractivity contribution is 5.98. The predicted octanol–water partition coefficient (Wildman–Crippen LogP) is 1.66. The van der Waals surface area contributed by atoms with Gasteiger partial charge in [0.25, 0.3) is 0 Å². The van der Waals surface area contributed by atoms with Gasteiger partial charge in [0, 0.05) is 6.20 Å². The number of nitrogens with zero attached hydrogens (tertiary/aromatic N) is 1. The van der Waals surface area contributed by atoms with Crippen molar-refractivity contribution >= 4 is 23.6 Å². The summed E-state index contributed by atoms with van der Waals surface area (Å²) in [6.07, 6.45) is -0.132. The normalized spacial score (nSPS) is 14.9. The molecule has 0 saturated carbocycles. The first-order valence-corrected chi connectivity index (χ1v) is 8.86. The number of carbonyl (C=O) groups excluding carboxylic acids is 2. The summed E-state index contributed by atoms with van der Waals surface area (Å²) >= 11 is 0. The van der Waals surface area contributed by atoms with E-state index in [-0.39, 0.29) is 12.3 Å². The lowest BCUT2D eigenvalue weighted by atomic mass is 9.84. The Bertz CT molecular complexity index is 655. The molecule has 1 aromatic heterocycles. The Labute approximate surface area is 159 Å². The Balaban J connectivity index is 3.01. The summed E-state index contributed by atoms with van der Waals surface area (Å²) in [7, 11) is 0. The lowest BCUT2D eigenvalue weighted by Gasteiger charge is -2.32. The van der Waals surface area contributed by atoms with Crippen LogP contribution < -0.4 is 10.6 Å². The molecule has 3 unspecified atom stereocenters. The quantitative estimate of drug-likeness (QED) is 0.544. The van der Waals surface area contributed by atoms with E-state index in [1.165, 1.54) is 6.20 Å². The van der Waals surface area contributed by atoms with Gasteiger partial charge in [0.2, 0.25) is 11.8 Å². The SMILES string of the molecule is CC(C)CC(C(=O)NC(C(=O)Nc1ccccn1)C(C)(C)C)C(O)C(=O)O. The van der Waals surface area contributed by atoms with E-state index >= 15 is 0 Å². The van der Waals surface area contributed by atoms with Crippen molar-refractivity contribution in [1.82, 2.24) is 10.3 Å². The first kappa shape index (κ1) is 22.6. The first-order chi connectivity index (χ1) is 12.4. The number of carboxylic acids is 1. The summed E-state index contributed by atoms with van der Waals surface area (Å²) in [5, 5.41) is 24.3. The zero-order chi connectivity index (χ0) is 20.8. The van der Waals surface area contributed by atoms with Gasteiger partial charge in [-0.2, -0.15) is 0 Å². The molecular weight excluding hydrogens is 350 g/mol. The third-order valence-corrected chi connectivity index (χ3v) is 4.03. The fraction of sp³-hybridized carbons (Fsp3) is 0.579. The number of carbonyl (C=O) groups is 3. The van der Waals surface area contributed by atoms with Crippen LogP contribution in [0.4, 0.5) is 5.82 Å². The van der Waals surface area contributed by atoms with E-state index in [9.17, 15) is 19.5 Å². The van der Waals surface area contributed by atoms with Crippen molar-refractivity contribution in [3.05, 3.63) is 24.4 Å². The van der Waals surface area contributed by atoms with Crippen molar-refractivity contribution in [2.24, 2.45) is 17.3 Å². The van der Waals surface area contributed by atoms with Crippen molar-refractivity contribution in [1.29, 1.82) is 0 Å². The van der Waals surface area contributed by atoms with E-state index in [1.54, 1.807) is 39.0 Å². The lowest BCUT2D eigenvalue weighted by Crippen LogP contribution is -2.54. The van der Waals surface area contributed by atoms with E-state index in [4.69, 9.17) is 5.11 Å². The molecule has 8 nitrogen and oxygen atoms in total. The number of aliphatic hydroxyl groups is 1. The average molecular weight is 379 g/mol. The fourth-order valence-corrected chi connectivity index (χ4v) is 2.62. The number of aliphatic carboxylic acids is 1. The highest BCUT2D eigenvalue weighted by atomic mass is 16.4. The van der Waals surface area contributed by atoms with Gasteiger partial charge >= 0.3 is 5.97 Å². The van der Waals surface area contributed by atoms with Crippen molar-refractivity contribution in [3.8, 4) is 0 Å². The molecular formula is C19H29N3O5. The zero-order valence-electron chi connectivity index (χ0n) is 16.4. The van der Waals surface area contributed by atoms with Crippen molar-refractivity contribution in [2.75, 3.05) is 5.32 Å². The first-order valence-electron chi connectivity index (χ1n) is 8.86. The number of hydrogen-bond donors (Lipinski definition) is 4. The van der Waals surface area contributed by atoms with E-state index in [0.29, 0.717) is 5.82 Å². The average Bonchev–Trinajstić information content (AvgIpc) is 2.56. The maximum Gasteiger partial charge on any atom is 0.333 e. The van der Waals surface area contributed by atoms with Gasteiger partial charge in [0.05, 0.1) is 5.92 Å². The number of pyridine rings is 1. The molecule has 0 fully saturated rings. The minimum Gasteiger partial charge on any atom is -0.479 e. The molecule has 0 spiro atoms. The molecule has 0 aromatic carbocycles. The van der Waals surface area contributed by atoms with Crippen LogP contribution in [-0.2, 0) is 14.4 Å². The number of aliphatic hydroxyl groups excluding tert-OH is 1. The van der Waals surface area contributed by atoms with Crippen LogP contribution in [0.15, 0.2) is 24.4 Å². The smallest absolute Gasteiger partial charge is 0.333 e. The molecule has 8 heteroatoms. The van der Waals surface area contributed by atoms with Crippen LogP contribution in [0, 0.1) is 17.3 Å². The van der Waals surface area contributed by atoms with Gasteiger partial charge in [-0.05, 0) is 29.9 Å². The number of rotatable bonds is 8. The summed E-state index contributed by atoms with van der Waals surface area (Å²) in [6.45, 7) is 8.98. The summed E-state index contributed by atoms with van der Waals surface area (Å²) in [5.41, 5.74) is -0.648. The van der Waals surface area contributed by atoms with E-state index in [0.717, 1.165) is 0 Å².